The first-order valence-electron chi connectivity index (χ1n) is 17.1. The first kappa shape index (κ1) is 41.2. The minimum Gasteiger partial charge on any atom is -0.387 e. The van der Waals surface area contributed by atoms with Crippen molar-refractivity contribution >= 4 is 13.7 Å². The van der Waals surface area contributed by atoms with Crippen molar-refractivity contribution in [1.29, 1.82) is 0 Å². The van der Waals surface area contributed by atoms with Crippen LogP contribution >= 0.6 is 7.82 Å². The van der Waals surface area contributed by atoms with Gasteiger partial charge in [0.15, 0.2) is 0 Å². The number of phosphoric acid groups is 1. The van der Waals surface area contributed by atoms with E-state index in [1.54, 1.807) is 6.08 Å². The summed E-state index contributed by atoms with van der Waals surface area (Å²) < 4.78 is 23.2. The van der Waals surface area contributed by atoms with Gasteiger partial charge >= 0.3 is 7.82 Å². The van der Waals surface area contributed by atoms with E-state index in [0.717, 1.165) is 51.4 Å². The van der Waals surface area contributed by atoms with Crippen molar-refractivity contribution in [3.63, 3.8) is 0 Å². The number of hydrogen-bond donors (Lipinski definition) is 3. The lowest BCUT2D eigenvalue weighted by atomic mass is 10.0. The number of likely N-dealkylation sites (N-methyl/N-ethyl adjacent to an activating group) is 1. The SMILES string of the molecule is CCCCCCCCCCCCCCC/C=C/C(O)C(COP(=O)(O)OCC[N+](C)(C)C)NC(=O)CCCCCCC. The van der Waals surface area contributed by atoms with Gasteiger partial charge in [0.2, 0.25) is 5.91 Å². The number of carbonyl (C=O) groups excluding carboxylic acids is 1. The van der Waals surface area contributed by atoms with Crippen LogP contribution in [0, 0.1) is 0 Å². The number of nitrogens with one attached hydrogen (secondary N) is 1. The third-order valence-corrected chi connectivity index (χ3v) is 8.49. The Morgan fingerprint density at radius 3 is 1.76 bits per heavy atom. The first-order chi connectivity index (χ1) is 20.0. The summed E-state index contributed by atoms with van der Waals surface area (Å²) in [6, 6.07) is -0.835. The number of phosphoric ester groups is 1. The Balaban J connectivity index is 4.47. The second kappa shape index (κ2) is 26.6. The van der Waals surface area contributed by atoms with Crippen LogP contribution in [0.25, 0.3) is 0 Å². The van der Waals surface area contributed by atoms with Gasteiger partial charge in [-0.2, -0.15) is 0 Å². The van der Waals surface area contributed by atoms with Crippen LogP contribution in [0.15, 0.2) is 12.2 Å². The topological polar surface area (TPSA) is 105 Å². The molecular weight excluding hydrogens is 551 g/mol. The molecule has 0 fully saturated rings. The van der Waals surface area contributed by atoms with Crippen LogP contribution in [-0.4, -0.2) is 73.4 Å². The molecule has 0 aromatic rings. The summed E-state index contributed by atoms with van der Waals surface area (Å²) in [6.07, 6.45) is 25.9. The van der Waals surface area contributed by atoms with Crippen molar-refractivity contribution < 1.29 is 32.9 Å². The van der Waals surface area contributed by atoms with Gasteiger partial charge in [-0.15, -0.1) is 0 Å². The molecule has 0 saturated heterocycles. The number of hydrogen-bond acceptors (Lipinski definition) is 5. The highest BCUT2D eigenvalue weighted by molar-refractivity contribution is 7.47. The van der Waals surface area contributed by atoms with Crippen molar-refractivity contribution in [2.75, 3.05) is 40.9 Å². The molecule has 9 heteroatoms. The molecule has 0 bridgehead atoms. The van der Waals surface area contributed by atoms with E-state index in [1.807, 2.05) is 27.2 Å². The molecule has 3 unspecified atom stereocenters. The fraction of sp³-hybridized carbons (Fsp3) is 0.909. The predicted octanol–water partition coefficient (Wildman–Crippen LogP) is 8.07. The Hall–Kier alpha value is -0.760. The van der Waals surface area contributed by atoms with Crippen LogP contribution in [0.1, 0.15) is 142 Å². The van der Waals surface area contributed by atoms with E-state index in [-0.39, 0.29) is 19.1 Å². The van der Waals surface area contributed by atoms with Gasteiger partial charge in [0.1, 0.15) is 13.2 Å². The number of unbranched alkanes of at least 4 members (excludes halogenated alkanes) is 17. The molecule has 3 atom stereocenters. The molecule has 0 aliphatic carbocycles. The normalized spacial score (nSPS) is 15.1. The molecule has 0 heterocycles. The van der Waals surface area contributed by atoms with E-state index in [2.05, 4.69) is 19.2 Å². The smallest absolute Gasteiger partial charge is 0.387 e. The molecule has 0 saturated carbocycles. The van der Waals surface area contributed by atoms with Gasteiger partial charge in [-0.25, -0.2) is 4.57 Å². The summed E-state index contributed by atoms with van der Waals surface area (Å²) in [5.41, 5.74) is 0. The number of aliphatic hydroxyl groups excluding tert-OH is 1. The van der Waals surface area contributed by atoms with Crippen molar-refractivity contribution in [2.45, 2.75) is 154 Å². The Kier molecular flexibility index (Phi) is 26.1. The van der Waals surface area contributed by atoms with Crippen LogP contribution in [0.2, 0.25) is 0 Å². The molecule has 3 N–H and O–H groups in total. The largest absolute Gasteiger partial charge is 0.472 e. The molecule has 250 valence electrons. The van der Waals surface area contributed by atoms with Crippen molar-refractivity contribution in [2.24, 2.45) is 0 Å². The fourth-order valence-electron chi connectivity index (χ4n) is 4.69. The quantitative estimate of drug-likeness (QED) is 0.0325. The zero-order chi connectivity index (χ0) is 31.5. The van der Waals surface area contributed by atoms with Gasteiger partial charge in [0.25, 0.3) is 0 Å². The standard InChI is InChI=1S/C33H67N2O6P/c1-6-8-10-12-13-14-15-16-17-18-19-20-21-23-24-26-32(36)31(34-33(37)27-25-22-11-9-7-2)30-41-42(38,39)40-29-28-35(3,4)5/h24,26,31-32,36H,6-23,25,27-30H2,1-5H3,(H-,34,37,38,39)/p+1/b26-24+. The lowest BCUT2D eigenvalue weighted by Gasteiger charge is -2.25. The number of aliphatic hydroxyl groups is 1. The molecule has 0 aliphatic rings. The predicted molar refractivity (Wildman–Crippen MR) is 175 cm³/mol. The average Bonchev–Trinajstić information content (AvgIpc) is 2.92. The van der Waals surface area contributed by atoms with Crippen LogP contribution in [0.5, 0.6) is 0 Å². The molecule has 8 nitrogen and oxygen atoms in total. The minimum absolute atomic E-state index is 0.0631. The molecule has 0 aromatic heterocycles. The van der Waals surface area contributed by atoms with Crippen molar-refractivity contribution in [3.05, 3.63) is 12.2 Å². The zero-order valence-corrected chi connectivity index (χ0v) is 28.9. The van der Waals surface area contributed by atoms with E-state index >= 15 is 0 Å². The molecule has 0 spiro atoms. The Morgan fingerprint density at radius 1 is 0.786 bits per heavy atom. The second-order valence-electron chi connectivity index (χ2n) is 12.9. The summed E-state index contributed by atoms with van der Waals surface area (Å²) in [6.45, 7) is 4.70. The second-order valence-corrected chi connectivity index (χ2v) is 14.4. The third-order valence-electron chi connectivity index (χ3n) is 7.51. The lowest BCUT2D eigenvalue weighted by molar-refractivity contribution is -0.870. The maximum Gasteiger partial charge on any atom is 0.472 e. The van der Waals surface area contributed by atoms with Crippen molar-refractivity contribution in [3.8, 4) is 0 Å². The Labute approximate surface area is 259 Å². The summed E-state index contributed by atoms with van der Waals surface area (Å²) in [4.78, 5) is 22.7. The van der Waals surface area contributed by atoms with Gasteiger partial charge in [-0.3, -0.25) is 13.8 Å². The van der Waals surface area contributed by atoms with E-state index in [0.29, 0.717) is 17.4 Å². The molecule has 0 aromatic carbocycles. The Bertz CT molecular complexity index is 713. The summed E-state index contributed by atoms with van der Waals surface area (Å²) in [5.74, 6) is -0.192. The molecule has 0 aliphatic heterocycles. The highest BCUT2D eigenvalue weighted by Crippen LogP contribution is 2.43. The molecular formula is C33H68N2O6P+. The van der Waals surface area contributed by atoms with Gasteiger partial charge < -0.3 is 19.8 Å². The zero-order valence-electron chi connectivity index (χ0n) is 28.0. The average molecular weight is 620 g/mol. The highest BCUT2D eigenvalue weighted by Gasteiger charge is 2.27. The van der Waals surface area contributed by atoms with Gasteiger partial charge in [0.05, 0.1) is 39.9 Å². The molecule has 0 rings (SSSR count). The molecule has 42 heavy (non-hydrogen) atoms. The van der Waals surface area contributed by atoms with Crippen LogP contribution < -0.4 is 5.32 Å². The van der Waals surface area contributed by atoms with Gasteiger partial charge in [-0.05, 0) is 19.3 Å². The van der Waals surface area contributed by atoms with Crippen LogP contribution in [-0.2, 0) is 18.4 Å². The Morgan fingerprint density at radius 2 is 1.26 bits per heavy atom. The third kappa shape index (κ3) is 28.0. The van der Waals surface area contributed by atoms with Gasteiger partial charge in [0, 0.05) is 6.42 Å². The van der Waals surface area contributed by atoms with Gasteiger partial charge in [-0.1, -0.05) is 129 Å². The highest BCUT2D eigenvalue weighted by atomic mass is 31.2. The number of amides is 1. The van der Waals surface area contributed by atoms with E-state index in [9.17, 15) is 19.4 Å². The summed E-state index contributed by atoms with van der Waals surface area (Å²) in [5, 5.41) is 13.6. The van der Waals surface area contributed by atoms with E-state index < -0.39 is 20.0 Å². The number of allylic oxidation sites excluding steroid dienone is 1. The number of rotatable bonds is 30. The summed E-state index contributed by atoms with van der Waals surface area (Å²) >= 11 is 0. The number of nitrogens with zero attached hydrogens (tertiary/aromatic N) is 1. The van der Waals surface area contributed by atoms with E-state index in [4.69, 9.17) is 9.05 Å². The molecule has 1 amide bonds. The fourth-order valence-corrected chi connectivity index (χ4v) is 5.42. The van der Waals surface area contributed by atoms with Crippen LogP contribution in [0.3, 0.4) is 0 Å². The number of carbonyl (C=O) groups is 1. The molecule has 0 radical (unpaired) electrons. The maximum atomic E-state index is 12.5. The summed E-state index contributed by atoms with van der Waals surface area (Å²) in [7, 11) is 1.57. The monoisotopic (exact) mass is 619 g/mol. The van der Waals surface area contributed by atoms with Crippen LogP contribution in [0.4, 0.5) is 0 Å². The minimum atomic E-state index is -4.31. The van der Waals surface area contributed by atoms with Crippen molar-refractivity contribution in [1.82, 2.24) is 5.32 Å². The van der Waals surface area contributed by atoms with E-state index in [1.165, 1.54) is 70.6 Å². The maximum absolute atomic E-state index is 12.5. The number of quaternary nitrogens is 1. The lowest BCUT2D eigenvalue weighted by Crippen LogP contribution is -2.45. The first-order valence-corrected chi connectivity index (χ1v) is 18.6.